The molecule has 0 fully saturated rings. The number of nitro benzene ring substituents is 1. The molecule has 3 rings (SSSR count). The van der Waals surface area contributed by atoms with Crippen LogP contribution in [-0.2, 0) is 0 Å². The van der Waals surface area contributed by atoms with Gasteiger partial charge in [0.15, 0.2) is 5.75 Å². The largest absolute Gasteiger partial charge is 0.485 e. The Hall–Kier alpha value is -2.56. The zero-order valence-electron chi connectivity index (χ0n) is 12.4. The van der Waals surface area contributed by atoms with E-state index >= 15 is 0 Å². The second-order valence-electron chi connectivity index (χ2n) is 5.48. The molecule has 22 heavy (non-hydrogen) atoms. The number of nitrogens with zero attached hydrogens (tertiary/aromatic N) is 2. The molecule has 0 bridgehead atoms. The molecule has 1 aliphatic heterocycles. The molecule has 1 heterocycles. The Balaban J connectivity index is 1.64. The molecule has 1 atom stereocenters. The van der Waals surface area contributed by atoms with Crippen molar-refractivity contribution in [1.82, 2.24) is 0 Å². The summed E-state index contributed by atoms with van der Waals surface area (Å²) in [5.74, 6) is 0.829. The van der Waals surface area contributed by atoms with E-state index in [9.17, 15) is 10.1 Å². The van der Waals surface area contributed by atoms with Crippen molar-refractivity contribution in [2.75, 3.05) is 24.6 Å². The minimum atomic E-state index is -0.414. The summed E-state index contributed by atoms with van der Waals surface area (Å²) < 4.78 is 5.63. The standard InChI is InChI=1S/C17H18N2O3/c1-13-12-18(15-7-3-2-6-14(13)15)10-11-22-17-9-5-4-8-16(17)19(20)21/h2-9,13H,10-12H2,1H3. The van der Waals surface area contributed by atoms with Gasteiger partial charge in [-0.1, -0.05) is 37.3 Å². The van der Waals surface area contributed by atoms with Crippen LogP contribution in [0, 0.1) is 10.1 Å². The van der Waals surface area contributed by atoms with Crippen molar-refractivity contribution in [2.24, 2.45) is 0 Å². The summed E-state index contributed by atoms with van der Waals surface area (Å²) in [6, 6.07) is 14.8. The van der Waals surface area contributed by atoms with Crippen LogP contribution in [0.1, 0.15) is 18.4 Å². The van der Waals surface area contributed by atoms with Gasteiger partial charge in [-0.2, -0.15) is 0 Å². The van der Waals surface area contributed by atoms with Crippen LogP contribution in [0.5, 0.6) is 5.75 Å². The Morgan fingerprint density at radius 2 is 1.95 bits per heavy atom. The summed E-state index contributed by atoms with van der Waals surface area (Å²) in [7, 11) is 0. The third-order valence-corrected chi connectivity index (χ3v) is 3.98. The number of para-hydroxylation sites is 3. The molecule has 0 aromatic heterocycles. The molecule has 114 valence electrons. The smallest absolute Gasteiger partial charge is 0.310 e. The maximum atomic E-state index is 11.0. The van der Waals surface area contributed by atoms with E-state index in [1.165, 1.54) is 17.3 Å². The van der Waals surface area contributed by atoms with Gasteiger partial charge >= 0.3 is 5.69 Å². The lowest BCUT2D eigenvalue weighted by Gasteiger charge is -2.19. The highest BCUT2D eigenvalue weighted by molar-refractivity contribution is 5.59. The van der Waals surface area contributed by atoms with Gasteiger partial charge in [0.1, 0.15) is 6.61 Å². The molecule has 0 spiro atoms. The Kier molecular flexibility index (Phi) is 3.96. The molecular weight excluding hydrogens is 280 g/mol. The fourth-order valence-corrected chi connectivity index (χ4v) is 2.93. The predicted octanol–water partition coefficient (Wildman–Crippen LogP) is 3.60. The first kappa shape index (κ1) is 14.4. The van der Waals surface area contributed by atoms with Crippen LogP contribution in [0.25, 0.3) is 0 Å². The first-order valence-electron chi connectivity index (χ1n) is 7.37. The Morgan fingerprint density at radius 3 is 2.77 bits per heavy atom. The molecule has 0 saturated carbocycles. The van der Waals surface area contributed by atoms with Crippen LogP contribution >= 0.6 is 0 Å². The average Bonchev–Trinajstić information content (AvgIpc) is 2.85. The fraction of sp³-hybridized carbons (Fsp3) is 0.294. The van der Waals surface area contributed by atoms with Crippen molar-refractivity contribution in [3.63, 3.8) is 0 Å². The second-order valence-corrected chi connectivity index (χ2v) is 5.48. The SMILES string of the molecule is CC1CN(CCOc2ccccc2[N+](=O)[O-])c2ccccc21. The first-order valence-corrected chi connectivity index (χ1v) is 7.37. The summed E-state index contributed by atoms with van der Waals surface area (Å²) in [6.07, 6.45) is 0. The van der Waals surface area contributed by atoms with Gasteiger partial charge in [-0.3, -0.25) is 10.1 Å². The van der Waals surface area contributed by atoms with Crippen molar-refractivity contribution in [2.45, 2.75) is 12.8 Å². The van der Waals surface area contributed by atoms with E-state index in [1.54, 1.807) is 18.2 Å². The molecule has 5 nitrogen and oxygen atoms in total. The van der Waals surface area contributed by atoms with Crippen molar-refractivity contribution in [3.8, 4) is 5.75 Å². The number of ether oxygens (including phenoxy) is 1. The fourth-order valence-electron chi connectivity index (χ4n) is 2.93. The zero-order valence-corrected chi connectivity index (χ0v) is 12.4. The molecule has 2 aromatic carbocycles. The van der Waals surface area contributed by atoms with E-state index < -0.39 is 4.92 Å². The van der Waals surface area contributed by atoms with Gasteiger partial charge in [0.05, 0.1) is 11.5 Å². The molecule has 0 N–H and O–H groups in total. The molecule has 1 unspecified atom stereocenters. The topological polar surface area (TPSA) is 55.6 Å². The molecule has 0 radical (unpaired) electrons. The van der Waals surface area contributed by atoms with Gasteiger partial charge in [0, 0.05) is 24.2 Å². The number of nitro groups is 1. The zero-order chi connectivity index (χ0) is 15.5. The van der Waals surface area contributed by atoms with Crippen LogP contribution in [0.3, 0.4) is 0 Å². The van der Waals surface area contributed by atoms with E-state index in [1.807, 2.05) is 6.07 Å². The van der Waals surface area contributed by atoms with Crippen LogP contribution < -0.4 is 9.64 Å². The van der Waals surface area contributed by atoms with Crippen molar-refractivity contribution < 1.29 is 9.66 Å². The summed E-state index contributed by atoms with van der Waals surface area (Å²) >= 11 is 0. The maximum Gasteiger partial charge on any atom is 0.310 e. The minimum absolute atomic E-state index is 0.0118. The Bertz CT molecular complexity index is 687. The normalized spacial score (nSPS) is 16.4. The van der Waals surface area contributed by atoms with Crippen LogP contribution in [0.4, 0.5) is 11.4 Å². The monoisotopic (exact) mass is 298 g/mol. The van der Waals surface area contributed by atoms with Gasteiger partial charge in [0.2, 0.25) is 0 Å². The second kappa shape index (κ2) is 6.05. The highest BCUT2D eigenvalue weighted by Crippen LogP contribution is 2.35. The van der Waals surface area contributed by atoms with Crippen LogP contribution in [0.15, 0.2) is 48.5 Å². The first-order chi connectivity index (χ1) is 10.7. The molecule has 1 aliphatic rings. The molecular formula is C17H18N2O3. The molecule has 2 aromatic rings. The molecule has 0 saturated heterocycles. The quantitative estimate of drug-likeness (QED) is 0.625. The number of benzene rings is 2. The van der Waals surface area contributed by atoms with Gasteiger partial charge in [-0.05, 0) is 17.7 Å². The lowest BCUT2D eigenvalue weighted by atomic mass is 10.0. The lowest BCUT2D eigenvalue weighted by Crippen LogP contribution is -2.27. The van der Waals surface area contributed by atoms with E-state index in [0.29, 0.717) is 24.8 Å². The van der Waals surface area contributed by atoms with Gasteiger partial charge in [-0.15, -0.1) is 0 Å². The molecule has 0 amide bonds. The van der Waals surface area contributed by atoms with E-state index in [2.05, 4.69) is 30.0 Å². The summed E-state index contributed by atoms with van der Waals surface area (Å²) in [6.45, 7) is 4.31. The van der Waals surface area contributed by atoms with Crippen molar-refractivity contribution in [1.29, 1.82) is 0 Å². The number of hydrogen-bond acceptors (Lipinski definition) is 4. The third kappa shape index (κ3) is 2.74. The highest BCUT2D eigenvalue weighted by atomic mass is 16.6. The number of anilines is 1. The van der Waals surface area contributed by atoms with Crippen molar-refractivity contribution >= 4 is 11.4 Å². The van der Waals surface area contributed by atoms with Gasteiger partial charge in [0.25, 0.3) is 0 Å². The maximum absolute atomic E-state index is 11.0. The highest BCUT2D eigenvalue weighted by Gasteiger charge is 2.24. The van der Waals surface area contributed by atoms with Gasteiger partial charge < -0.3 is 9.64 Å². The Labute approximate surface area is 129 Å². The number of rotatable bonds is 5. The summed E-state index contributed by atoms with van der Waals surface area (Å²) in [5, 5.41) is 11.0. The van der Waals surface area contributed by atoms with E-state index in [4.69, 9.17) is 4.74 Å². The van der Waals surface area contributed by atoms with E-state index in [0.717, 1.165) is 6.54 Å². The minimum Gasteiger partial charge on any atom is -0.485 e. The van der Waals surface area contributed by atoms with Crippen molar-refractivity contribution in [3.05, 3.63) is 64.2 Å². The van der Waals surface area contributed by atoms with Gasteiger partial charge in [-0.25, -0.2) is 0 Å². The third-order valence-electron chi connectivity index (χ3n) is 3.98. The predicted molar refractivity (Wildman–Crippen MR) is 85.7 cm³/mol. The molecule has 0 aliphatic carbocycles. The number of fused-ring (bicyclic) bond motifs is 1. The average molecular weight is 298 g/mol. The summed E-state index contributed by atoms with van der Waals surface area (Å²) in [4.78, 5) is 12.8. The van der Waals surface area contributed by atoms with Crippen LogP contribution in [0.2, 0.25) is 0 Å². The summed E-state index contributed by atoms with van der Waals surface area (Å²) in [5.41, 5.74) is 2.60. The number of hydrogen-bond donors (Lipinski definition) is 0. The van der Waals surface area contributed by atoms with E-state index in [-0.39, 0.29) is 5.69 Å². The molecule has 5 heteroatoms. The lowest BCUT2D eigenvalue weighted by molar-refractivity contribution is -0.385. The van der Waals surface area contributed by atoms with Crippen LogP contribution in [-0.4, -0.2) is 24.6 Å². The Morgan fingerprint density at radius 1 is 1.23 bits per heavy atom.